The third kappa shape index (κ3) is 7.32. The third-order valence-corrected chi connectivity index (χ3v) is 4.37. The van der Waals surface area contributed by atoms with Crippen LogP contribution in [0, 0.1) is 0 Å². The SMILES string of the molecule is O=C(O)CC(NC(=O)C1CCCN1)C(=O)NC(CS)C(=O)NC(CO)C(=O)O. The van der Waals surface area contributed by atoms with E-state index in [0.717, 1.165) is 6.42 Å². The zero-order valence-corrected chi connectivity index (χ0v) is 15.8. The number of rotatable bonds is 11. The van der Waals surface area contributed by atoms with E-state index in [1.54, 1.807) is 0 Å². The maximum Gasteiger partial charge on any atom is 0.328 e. The van der Waals surface area contributed by atoms with Crippen molar-refractivity contribution in [2.75, 3.05) is 18.9 Å². The predicted molar refractivity (Wildman–Crippen MR) is 97.6 cm³/mol. The lowest BCUT2D eigenvalue weighted by Crippen LogP contribution is -2.58. The lowest BCUT2D eigenvalue weighted by atomic mass is 10.1. The van der Waals surface area contributed by atoms with Crippen LogP contribution < -0.4 is 21.3 Å². The molecule has 0 aromatic carbocycles. The summed E-state index contributed by atoms with van der Waals surface area (Å²) in [6, 6.07) is -4.85. The number of nitrogens with one attached hydrogen (secondary N) is 4. The summed E-state index contributed by atoms with van der Waals surface area (Å²) >= 11 is 3.91. The summed E-state index contributed by atoms with van der Waals surface area (Å²) in [5, 5.41) is 36.3. The second-order valence-electron chi connectivity index (χ2n) is 6.13. The molecule has 7 N–H and O–H groups in total. The van der Waals surface area contributed by atoms with Gasteiger partial charge in [-0.3, -0.25) is 19.2 Å². The van der Waals surface area contributed by atoms with E-state index >= 15 is 0 Å². The van der Waals surface area contributed by atoms with Gasteiger partial charge in [-0.05, 0) is 19.4 Å². The summed E-state index contributed by atoms with van der Waals surface area (Å²) in [6.07, 6.45) is 0.609. The van der Waals surface area contributed by atoms with E-state index in [-0.39, 0.29) is 5.75 Å². The fourth-order valence-corrected chi connectivity index (χ4v) is 2.75. The number of hydrogen-bond acceptors (Lipinski definition) is 8. The Labute approximate surface area is 165 Å². The Bertz CT molecular complexity index is 611. The molecule has 13 heteroatoms. The van der Waals surface area contributed by atoms with Crippen LogP contribution in [0.1, 0.15) is 19.3 Å². The van der Waals surface area contributed by atoms with Crippen molar-refractivity contribution in [3.8, 4) is 0 Å². The number of carbonyl (C=O) groups excluding carboxylic acids is 3. The van der Waals surface area contributed by atoms with E-state index in [0.29, 0.717) is 13.0 Å². The zero-order valence-electron chi connectivity index (χ0n) is 14.9. The van der Waals surface area contributed by atoms with Gasteiger partial charge >= 0.3 is 11.9 Å². The van der Waals surface area contributed by atoms with Crippen molar-refractivity contribution in [1.82, 2.24) is 21.3 Å². The van der Waals surface area contributed by atoms with Gasteiger partial charge in [0.1, 0.15) is 18.1 Å². The standard InChI is InChI=1S/C15H24N4O8S/c20-5-9(15(26)27)18-14(25)10(6-28)19-13(24)8(4-11(21)22)17-12(23)7-2-1-3-16-7/h7-10,16,20,28H,1-6H2,(H,17,23)(H,18,25)(H,19,24)(H,21,22)(H,26,27). The Morgan fingerprint density at radius 3 is 2.07 bits per heavy atom. The molecule has 0 bridgehead atoms. The van der Waals surface area contributed by atoms with Gasteiger partial charge in [-0.25, -0.2) is 4.79 Å². The van der Waals surface area contributed by atoms with Crippen molar-refractivity contribution < 1.29 is 39.3 Å². The smallest absolute Gasteiger partial charge is 0.328 e. The second kappa shape index (κ2) is 11.5. The van der Waals surface area contributed by atoms with E-state index in [1.807, 2.05) is 5.32 Å². The molecule has 1 aliphatic rings. The van der Waals surface area contributed by atoms with E-state index in [9.17, 15) is 24.0 Å². The van der Waals surface area contributed by atoms with Crippen LogP contribution in [0.25, 0.3) is 0 Å². The van der Waals surface area contributed by atoms with Gasteiger partial charge in [-0.15, -0.1) is 0 Å². The normalized spacial score (nSPS) is 19.1. The van der Waals surface area contributed by atoms with Crippen molar-refractivity contribution in [1.29, 1.82) is 0 Å². The number of carboxylic acids is 2. The Balaban J connectivity index is 2.76. The van der Waals surface area contributed by atoms with Crippen LogP contribution in [0.5, 0.6) is 0 Å². The van der Waals surface area contributed by atoms with Crippen LogP contribution in [0.15, 0.2) is 0 Å². The Kier molecular flexibility index (Phi) is 9.68. The van der Waals surface area contributed by atoms with Crippen molar-refractivity contribution in [2.45, 2.75) is 43.4 Å². The molecule has 12 nitrogen and oxygen atoms in total. The summed E-state index contributed by atoms with van der Waals surface area (Å²) in [6.45, 7) is -0.230. The fourth-order valence-electron chi connectivity index (χ4n) is 2.49. The van der Waals surface area contributed by atoms with Gasteiger partial charge < -0.3 is 36.6 Å². The van der Waals surface area contributed by atoms with Gasteiger partial charge in [0, 0.05) is 5.75 Å². The molecule has 1 saturated heterocycles. The highest BCUT2D eigenvalue weighted by Gasteiger charge is 2.31. The molecule has 4 unspecified atom stereocenters. The van der Waals surface area contributed by atoms with E-state index < -0.39 is 66.9 Å². The largest absolute Gasteiger partial charge is 0.481 e. The van der Waals surface area contributed by atoms with E-state index in [4.69, 9.17) is 15.3 Å². The third-order valence-electron chi connectivity index (χ3n) is 4.00. The van der Waals surface area contributed by atoms with Crippen LogP contribution in [-0.4, -0.2) is 88.1 Å². The molecular formula is C15H24N4O8S. The number of carbonyl (C=O) groups is 5. The molecule has 0 spiro atoms. The predicted octanol–water partition coefficient (Wildman–Crippen LogP) is -3.33. The Morgan fingerprint density at radius 1 is 1.00 bits per heavy atom. The van der Waals surface area contributed by atoms with Crippen LogP contribution in [0.2, 0.25) is 0 Å². The minimum absolute atomic E-state index is 0.229. The van der Waals surface area contributed by atoms with Crippen LogP contribution in [-0.2, 0) is 24.0 Å². The maximum absolute atomic E-state index is 12.4. The number of carboxylic acid groups (broad SMARTS) is 2. The van der Waals surface area contributed by atoms with Crippen LogP contribution in [0.3, 0.4) is 0 Å². The van der Waals surface area contributed by atoms with Gasteiger partial charge in [0.05, 0.1) is 19.1 Å². The first kappa shape index (κ1) is 23.7. The summed E-state index contributed by atoms with van der Waals surface area (Å²) in [4.78, 5) is 58.6. The monoisotopic (exact) mass is 420 g/mol. The first-order valence-corrected chi connectivity index (χ1v) is 9.13. The molecule has 1 fully saturated rings. The average Bonchev–Trinajstić information content (AvgIpc) is 3.17. The molecule has 0 radical (unpaired) electrons. The highest BCUT2D eigenvalue weighted by Crippen LogP contribution is 2.06. The number of aliphatic hydroxyl groups is 1. The number of amides is 3. The molecule has 0 aromatic heterocycles. The molecule has 158 valence electrons. The van der Waals surface area contributed by atoms with Gasteiger partial charge in [0.25, 0.3) is 0 Å². The molecule has 4 atom stereocenters. The van der Waals surface area contributed by atoms with Crippen LogP contribution in [0.4, 0.5) is 0 Å². The molecule has 1 heterocycles. The first-order valence-electron chi connectivity index (χ1n) is 8.50. The Hall–Kier alpha value is -2.38. The summed E-state index contributed by atoms with van der Waals surface area (Å²) in [5.74, 6) is -5.43. The van der Waals surface area contributed by atoms with E-state index in [2.05, 4.69) is 28.6 Å². The molecule has 3 amide bonds. The lowest BCUT2D eigenvalue weighted by molar-refractivity contribution is -0.144. The highest BCUT2D eigenvalue weighted by molar-refractivity contribution is 7.80. The van der Waals surface area contributed by atoms with E-state index in [1.165, 1.54) is 0 Å². The van der Waals surface area contributed by atoms with Crippen molar-refractivity contribution in [3.05, 3.63) is 0 Å². The van der Waals surface area contributed by atoms with Gasteiger partial charge in [0.15, 0.2) is 0 Å². The molecule has 28 heavy (non-hydrogen) atoms. The summed E-state index contributed by atoms with van der Waals surface area (Å²) < 4.78 is 0. The lowest BCUT2D eigenvalue weighted by Gasteiger charge is -2.23. The molecule has 0 saturated carbocycles. The maximum atomic E-state index is 12.4. The number of hydrogen-bond donors (Lipinski definition) is 8. The minimum Gasteiger partial charge on any atom is -0.481 e. The van der Waals surface area contributed by atoms with Crippen molar-refractivity contribution >= 4 is 42.3 Å². The number of thiol groups is 1. The first-order chi connectivity index (χ1) is 13.2. The summed E-state index contributed by atoms with van der Waals surface area (Å²) in [7, 11) is 0. The van der Waals surface area contributed by atoms with Crippen LogP contribution >= 0.6 is 12.6 Å². The zero-order chi connectivity index (χ0) is 21.3. The molecule has 1 aliphatic heterocycles. The van der Waals surface area contributed by atoms with Gasteiger partial charge in [-0.1, -0.05) is 0 Å². The number of aliphatic carboxylic acids is 2. The quantitative estimate of drug-likeness (QED) is 0.158. The topological polar surface area (TPSA) is 194 Å². The summed E-state index contributed by atoms with van der Waals surface area (Å²) in [5.41, 5.74) is 0. The fraction of sp³-hybridized carbons (Fsp3) is 0.667. The molecule has 0 aromatic rings. The van der Waals surface area contributed by atoms with Crippen molar-refractivity contribution in [2.24, 2.45) is 0 Å². The molecule has 1 rings (SSSR count). The highest BCUT2D eigenvalue weighted by atomic mass is 32.1. The average molecular weight is 420 g/mol. The van der Waals surface area contributed by atoms with Crippen molar-refractivity contribution in [3.63, 3.8) is 0 Å². The van der Waals surface area contributed by atoms with Gasteiger partial charge in [-0.2, -0.15) is 12.6 Å². The second-order valence-corrected chi connectivity index (χ2v) is 6.50. The van der Waals surface area contributed by atoms with Gasteiger partial charge in [0.2, 0.25) is 17.7 Å². The Morgan fingerprint density at radius 2 is 1.61 bits per heavy atom. The minimum atomic E-state index is -1.57. The molecule has 0 aliphatic carbocycles. The number of aliphatic hydroxyl groups excluding tert-OH is 1. The molecular weight excluding hydrogens is 396 g/mol.